The summed E-state index contributed by atoms with van der Waals surface area (Å²) in [5.41, 5.74) is 1.68. The van der Waals surface area contributed by atoms with Crippen LogP contribution < -0.4 is 5.32 Å². The molecule has 0 amide bonds. The molecular formula is C7H10N2S. The lowest BCUT2D eigenvalue weighted by Crippen LogP contribution is -1.94. The summed E-state index contributed by atoms with van der Waals surface area (Å²) in [5.74, 6) is 0. The van der Waals surface area contributed by atoms with Crippen molar-refractivity contribution in [1.82, 2.24) is 0 Å². The highest BCUT2D eigenvalue weighted by Gasteiger charge is 2.02. The summed E-state index contributed by atoms with van der Waals surface area (Å²) < 4.78 is 0. The van der Waals surface area contributed by atoms with Crippen LogP contribution in [0.2, 0.25) is 0 Å². The van der Waals surface area contributed by atoms with Crippen molar-refractivity contribution in [2.24, 2.45) is 0 Å². The second kappa shape index (κ2) is 2.84. The van der Waals surface area contributed by atoms with Crippen molar-refractivity contribution < 1.29 is 0 Å². The van der Waals surface area contributed by atoms with Gasteiger partial charge >= 0.3 is 0 Å². The molecule has 0 unspecified atom stereocenters. The summed E-state index contributed by atoms with van der Waals surface area (Å²) in [5, 5.41) is 12.4. The lowest BCUT2D eigenvalue weighted by molar-refractivity contribution is 1.47. The predicted molar refractivity (Wildman–Crippen MR) is 46.4 cm³/mol. The molecule has 0 saturated carbocycles. The van der Waals surface area contributed by atoms with E-state index in [1.54, 1.807) is 18.3 Å². The third-order valence-electron chi connectivity index (χ3n) is 1.28. The van der Waals surface area contributed by atoms with Gasteiger partial charge in [0.25, 0.3) is 0 Å². The summed E-state index contributed by atoms with van der Waals surface area (Å²) in [6.07, 6.45) is 0. The van der Waals surface area contributed by atoms with Gasteiger partial charge in [0.15, 0.2) is 0 Å². The van der Waals surface area contributed by atoms with Crippen LogP contribution in [0.4, 0.5) is 5.69 Å². The molecule has 1 aromatic heterocycles. The van der Waals surface area contributed by atoms with Gasteiger partial charge < -0.3 is 10.7 Å². The maximum absolute atomic E-state index is 7.37. The largest absolute Gasteiger partial charge is 0.387 e. The first-order valence-electron chi connectivity index (χ1n) is 3.06. The lowest BCUT2D eigenvalue weighted by atomic mass is 10.3. The van der Waals surface area contributed by atoms with Crippen molar-refractivity contribution in [2.45, 2.75) is 6.92 Å². The Morgan fingerprint density at radius 2 is 2.40 bits per heavy atom. The fourth-order valence-corrected chi connectivity index (χ4v) is 1.61. The molecule has 2 nitrogen and oxygen atoms in total. The third-order valence-corrected chi connectivity index (χ3v) is 2.31. The van der Waals surface area contributed by atoms with E-state index in [0.29, 0.717) is 5.71 Å². The van der Waals surface area contributed by atoms with Gasteiger partial charge in [0, 0.05) is 12.8 Å². The standard InChI is InChI=1S/C7H10N2S/c1-5(8)7-6(9-2)3-4-10-7/h3-4,8-9H,1-2H3. The quantitative estimate of drug-likeness (QED) is 0.629. The van der Waals surface area contributed by atoms with Crippen molar-refractivity contribution in [2.75, 3.05) is 12.4 Å². The van der Waals surface area contributed by atoms with E-state index in [4.69, 9.17) is 5.41 Å². The highest BCUT2D eigenvalue weighted by Crippen LogP contribution is 2.21. The van der Waals surface area contributed by atoms with Gasteiger partial charge in [-0.2, -0.15) is 0 Å². The molecule has 0 spiro atoms. The van der Waals surface area contributed by atoms with E-state index in [1.807, 2.05) is 18.5 Å². The first kappa shape index (κ1) is 7.28. The summed E-state index contributed by atoms with van der Waals surface area (Å²) in [4.78, 5) is 1.03. The first-order chi connectivity index (χ1) is 4.75. The van der Waals surface area contributed by atoms with Crippen molar-refractivity contribution in [3.63, 3.8) is 0 Å². The highest BCUT2D eigenvalue weighted by molar-refractivity contribution is 7.12. The number of nitrogens with one attached hydrogen (secondary N) is 2. The SMILES string of the molecule is CNc1ccsc1C(C)=N. The molecule has 10 heavy (non-hydrogen) atoms. The van der Waals surface area contributed by atoms with Crippen LogP contribution in [-0.4, -0.2) is 12.8 Å². The molecule has 0 aromatic carbocycles. The van der Waals surface area contributed by atoms with E-state index in [9.17, 15) is 0 Å². The molecule has 0 radical (unpaired) electrons. The van der Waals surface area contributed by atoms with E-state index in [2.05, 4.69) is 5.32 Å². The van der Waals surface area contributed by atoms with Crippen LogP contribution in [0, 0.1) is 5.41 Å². The zero-order valence-corrected chi connectivity index (χ0v) is 6.88. The van der Waals surface area contributed by atoms with E-state index in [-0.39, 0.29) is 0 Å². The van der Waals surface area contributed by atoms with Crippen LogP contribution in [0.3, 0.4) is 0 Å². The summed E-state index contributed by atoms with van der Waals surface area (Å²) in [6.45, 7) is 1.80. The Morgan fingerprint density at radius 1 is 1.70 bits per heavy atom. The number of hydrogen-bond acceptors (Lipinski definition) is 3. The molecule has 0 fully saturated rings. The van der Waals surface area contributed by atoms with E-state index >= 15 is 0 Å². The van der Waals surface area contributed by atoms with Crippen molar-refractivity contribution in [3.8, 4) is 0 Å². The topological polar surface area (TPSA) is 35.9 Å². The highest BCUT2D eigenvalue weighted by atomic mass is 32.1. The van der Waals surface area contributed by atoms with E-state index in [1.165, 1.54) is 0 Å². The van der Waals surface area contributed by atoms with Crippen LogP contribution in [0.1, 0.15) is 11.8 Å². The van der Waals surface area contributed by atoms with E-state index in [0.717, 1.165) is 10.6 Å². The number of hydrogen-bond donors (Lipinski definition) is 2. The van der Waals surface area contributed by atoms with Gasteiger partial charge in [0.2, 0.25) is 0 Å². The molecule has 2 N–H and O–H groups in total. The number of rotatable bonds is 2. The molecule has 3 heteroatoms. The molecule has 1 rings (SSSR count). The average molecular weight is 154 g/mol. The molecular weight excluding hydrogens is 144 g/mol. The van der Waals surface area contributed by atoms with Crippen molar-refractivity contribution in [3.05, 3.63) is 16.3 Å². The number of thiophene rings is 1. The van der Waals surface area contributed by atoms with Crippen LogP contribution in [0.5, 0.6) is 0 Å². The Balaban J connectivity index is 3.01. The summed E-state index contributed by atoms with van der Waals surface area (Å²) in [7, 11) is 1.87. The zero-order valence-electron chi connectivity index (χ0n) is 6.06. The molecule has 1 heterocycles. The van der Waals surface area contributed by atoms with Gasteiger partial charge in [0.1, 0.15) is 0 Å². The normalized spacial score (nSPS) is 9.40. The molecule has 0 aliphatic rings. The Hall–Kier alpha value is -0.830. The Bertz CT molecular complexity index is 240. The number of anilines is 1. The molecule has 0 aliphatic heterocycles. The lowest BCUT2D eigenvalue weighted by Gasteiger charge is -1.98. The minimum atomic E-state index is 0.624. The van der Waals surface area contributed by atoms with Gasteiger partial charge in [-0.25, -0.2) is 0 Å². The Morgan fingerprint density at radius 3 is 2.80 bits per heavy atom. The van der Waals surface area contributed by atoms with Crippen LogP contribution >= 0.6 is 11.3 Å². The summed E-state index contributed by atoms with van der Waals surface area (Å²) in [6, 6.07) is 1.98. The third kappa shape index (κ3) is 1.19. The molecule has 0 bridgehead atoms. The smallest absolute Gasteiger partial charge is 0.0706 e. The predicted octanol–water partition coefficient (Wildman–Crippen LogP) is 2.18. The monoisotopic (exact) mass is 154 g/mol. The second-order valence-electron chi connectivity index (χ2n) is 2.04. The fourth-order valence-electron chi connectivity index (χ4n) is 0.797. The fraction of sp³-hybridized carbons (Fsp3) is 0.286. The summed E-state index contributed by atoms with van der Waals surface area (Å²) >= 11 is 1.60. The van der Waals surface area contributed by atoms with Gasteiger partial charge in [0.05, 0.1) is 10.6 Å². The average Bonchev–Trinajstić information content (AvgIpc) is 2.33. The van der Waals surface area contributed by atoms with E-state index < -0.39 is 0 Å². The second-order valence-corrected chi connectivity index (χ2v) is 2.95. The molecule has 0 aliphatic carbocycles. The van der Waals surface area contributed by atoms with Crippen LogP contribution in [0.15, 0.2) is 11.4 Å². The molecule has 0 atom stereocenters. The van der Waals surface area contributed by atoms with Gasteiger partial charge in [-0.3, -0.25) is 0 Å². The zero-order chi connectivity index (χ0) is 7.56. The van der Waals surface area contributed by atoms with Crippen molar-refractivity contribution >= 4 is 22.7 Å². The van der Waals surface area contributed by atoms with Crippen LogP contribution in [0.25, 0.3) is 0 Å². The Kier molecular flexibility index (Phi) is 2.06. The molecule has 54 valence electrons. The molecule has 0 saturated heterocycles. The van der Waals surface area contributed by atoms with Gasteiger partial charge in [-0.05, 0) is 18.4 Å². The maximum Gasteiger partial charge on any atom is 0.0706 e. The van der Waals surface area contributed by atoms with Crippen LogP contribution in [-0.2, 0) is 0 Å². The van der Waals surface area contributed by atoms with Crippen molar-refractivity contribution in [1.29, 1.82) is 5.41 Å². The minimum Gasteiger partial charge on any atom is -0.387 e. The first-order valence-corrected chi connectivity index (χ1v) is 3.94. The minimum absolute atomic E-state index is 0.624. The maximum atomic E-state index is 7.37. The molecule has 1 aromatic rings. The van der Waals surface area contributed by atoms with Gasteiger partial charge in [-0.1, -0.05) is 0 Å². The Labute approximate surface area is 64.4 Å². The van der Waals surface area contributed by atoms with Gasteiger partial charge in [-0.15, -0.1) is 11.3 Å².